The van der Waals surface area contributed by atoms with E-state index in [4.69, 9.17) is 5.10 Å². The fraction of sp³-hybridized carbons (Fsp3) is 0.0143. The second-order valence-electron chi connectivity index (χ2n) is 19.1. The van der Waals surface area contributed by atoms with Gasteiger partial charge in [0.2, 0.25) is 0 Å². The first kappa shape index (κ1) is 42.3. The highest BCUT2D eigenvalue weighted by molar-refractivity contribution is 6.13. The Hall–Kier alpha value is -9.57. The highest BCUT2D eigenvalue weighted by atomic mass is 15.2. The molecule has 0 bridgehead atoms. The lowest BCUT2D eigenvalue weighted by Gasteiger charge is -2.35. The average Bonchev–Trinajstić information content (AvgIpc) is 4.02. The summed E-state index contributed by atoms with van der Waals surface area (Å²) in [5.74, 6) is 0. The molecule has 2 aromatic heterocycles. The summed E-state index contributed by atoms with van der Waals surface area (Å²) >= 11 is 0. The Morgan fingerprint density at radius 2 is 0.904 bits per heavy atom. The zero-order valence-electron chi connectivity index (χ0n) is 40.0. The van der Waals surface area contributed by atoms with Crippen LogP contribution >= 0.6 is 0 Å². The average molecular weight is 930 g/mol. The largest absolute Gasteiger partial charge is 0.310 e. The summed E-state index contributed by atoms with van der Waals surface area (Å²) < 4.78 is 2.19. The summed E-state index contributed by atoms with van der Waals surface area (Å²) in [6.07, 6.45) is 0. The van der Waals surface area contributed by atoms with Gasteiger partial charge in [-0.1, -0.05) is 243 Å². The molecule has 2 heterocycles. The van der Waals surface area contributed by atoms with E-state index in [0.29, 0.717) is 0 Å². The topological polar surface area (TPSA) is 20.5 Å². The van der Waals surface area contributed by atoms with Crippen LogP contribution in [0.5, 0.6) is 0 Å². The molecule has 3 nitrogen and oxygen atoms in total. The minimum Gasteiger partial charge on any atom is -0.310 e. The fourth-order valence-electron chi connectivity index (χ4n) is 11.8. The number of fused-ring (bicyclic) bond motifs is 7. The maximum absolute atomic E-state index is 5.57. The van der Waals surface area contributed by atoms with E-state index in [0.717, 1.165) is 72.6 Å². The molecule has 1 aliphatic rings. The molecule has 14 rings (SSSR count). The lowest BCUT2D eigenvalue weighted by atomic mass is 9.67. The number of rotatable bonds is 9. The molecule has 1 aliphatic carbocycles. The van der Waals surface area contributed by atoms with Crippen LogP contribution < -0.4 is 4.90 Å². The SMILES string of the molecule is c1ccc(-c2nn3c(-c4ccccc4)cc4c(N(c5ccc(-c6ccc7ccccc7c6)cc5)c5ccc6c(c5)C(c5ccccc5)(c5ccccc5)c5ccccc5-6)cccc4c3c2-c2ccccc2)cc1. The van der Waals surface area contributed by atoms with E-state index in [1.165, 1.54) is 49.7 Å². The van der Waals surface area contributed by atoms with Crippen LogP contribution in [0.3, 0.4) is 0 Å². The summed E-state index contributed by atoms with van der Waals surface area (Å²) in [5.41, 5.74) is 19.9. The van der Waals surface area contributed by atoms with E-state index < -0.39 is 5.41 Å². The van der Waals surface area contributed by atoms with Gasteiger partial charge in [0.25, 0.3) is 0 Å². The van der Waals surface area contributed by atoms with Crippen molar-refractivity contribution in [1.82, 2.24) is 9.61 Å². The highest BCUT2D eigenvalue weighted by Gasteiger charge is 2.46. The number of hydrogen-bond donors (Lipinski definition) is 0. The van der Waals surface area contributed by atoms with Gasteiger partial charge in [0, 0.05) is 38.8 Å². The predicted molar refractivity (Wildman–Crippen MR) is 304 cm³/mol. The van der Waals surface area contributed by atoms with Gasteiger partial charge in [0.15, 0.2) is 0 Å². The third-order valence-electron chi connectivity index (χ3n) is 15.1. The van der Waals surface area contributed by atoms with Crippen LogP contribution in [-0.2, 0) is 5.41 Å². The lowest BCUT2D eigenvalue weighted by Crippen LogP contribution is -2.28. The normalized spacial score (nSPS) is 12.5. The molecular formula is C70H47N3. The minimum atomic E-state index is -0.572. The van der Waals surface area contributed by atoms with Crippen molar-refractivity contribution in [2.75, 3.05) is 4.90 Å². The van der Waals surface area contributed by atoms with Crippen LogP contribution in [0.15, 0.2) is 285 Å². The molecular weight excluding hydrogens is 883 g/mol. The summed E-state index contributed by atoms with van der Waals surface area (Å²) in [6.45, 7) is 0. The lowest BCUT2D eigenvalue weighted by molar-refractivity contribution is 0.768. The van der Waals surface area contributed by atoms with Crippen LogP contribution in [0.1, 0.15) is 22.3 Å². The smallest absolute Gasteiger partial charge is 0.101 e. The van der Waals surface area contributed by atoms with Gasteiger partial charge >= 0.3 is 0 Å². The van der Waals surface area contributed by atoms with E-state index >= 15 is 0 Å². The number of benzene rings is 11. The zero-order valence-corrected chi connectivity index (χ0v) is 40.0. The number of aromatic nitrogens is 2. The van der Waals surface area contributed by atoms with E-state index in [-0.39, 0.29) is 0 Å². The number of pyridine rings is 1. The molecule has 3 heteroatoms. The van der Waals surface area contributed by atoms with Gasteiger partial charge in [0.1, 0.15) is 5.69 Å². The van der Waals surface area contributed by atoms with Crippen LogP contribution in [-0.4, -0.2) is 9.61 Å². The molecule has 0 aliphatic heterocycles. The summed E-state index contributed by atoms with van der Waals surface area (Å²) in [7, 11) is 0. The van der Waals surface area contributed by atoms with Crippen molar-refractivity contribution in [2.45, 2.75) is 5.41 Å². The third-order valence-corrected chi connectivity index (χ3v) is 15.1. The van der Waals surface area contributed by atoms with Gasteiger partial charge in [-0.2, -0.15) is 5.10 Å². The van der Waals surface area contributed by atoms with Crippen LogP contribution in [0.25, 0.3) is 83.0 Å². The molecule has 0 amide bonds. The van der Waals surface area contributed by atoms with Crippen molar-refractivity contribution in [3.05, 3.63) is 307 Å². The quantitative estimate of drug-likeness (QED) is 0.144. The maximum atomic E-state index is 5.57. The molecule has 0 unspecified atom stereocenters. The molecule has 0 atom stereocenters. The Bertz CT molecular complexity index is 4130. The predicted octanol–water partition coefficient (Wildman–Crippen LogP) is 18.1. The summed E-state index contributed by atoms with van der Waals surface area (Å²) in [4.78, 5) is 2.48. The first-order chi connectivity index (χ1) is 36.2. The first-order valence-electron chi connectivity index (χ1n) is 25.1. The second kappa shape index (κ2) is 17.4. The zero-order chi connectivity index (χ0) is 48.3. The first-order valence-corrected chi connectivity index (χ1v) is 25.1. The number of anilines is 3. The molecule has 0 fully saturated rings. The van der Waals surface area contributed by atoms with Crippen molar-refractivity contribution in [2.24, 2.45) is 0 Å². The standard InChI is InChI=1S/C70H47N3/c1-6-22-50(23-7-1)66-47-62-61(69-67(51-24-8-2-9-25-51)68(71-73(66)69)52-26-10-3-11-27-52)34-20-36-65(62)72(57-41-39-49(40-42-57)54-38-37-48-21-16-17-28-53(48)45-54)58-43-44-60-59-33-18-19-35-63(59)70(64(60)46-58,55-29-12-4-13-30-55)56-31-14-5-15-32-56/h1-47H. The van der Waals surface area contributed by atoms with E-state index in [9.17, 15) is 0 Å². The van der Waals surface area contributed by atoms with Gasteiger partial charge in [-0.15, -0.1) is 0 Å². The van der Waals surface area contributed by atoms with Crippen LogP contribution in [0.4, 0.5) is 17.1 Å². The molecule has 0 saturated heterocycles. The van der Waals surface area contributed by atoms with Crippen molar-refractivity contribution in [3.8, 4) is 55.9 Å². The molecule has 0 N–H and O–H groups in total. The Morgan fingerprint density at radius 1 is 0.342 bits per heavy atom. The van der Waals surface area contributed by atoms with Gasteiger partial charge in [-0.25, -0.2) is 4.52 Å². The maximum Gasteiger partial charge on any atom is 0.101 e. The Balaban J connectivity index is 1.07. The van der Waals surface area contributed by atoms with E-state index in [1.54, 1.807) is 0 Å². The van der Waals surface area contributed by atoms with Crippen molar-refractivity contribution < 1.29 is 0 Å². The fourth-order valence-corrected chi connectivity index (χ4v) is 11.8. The summed E-state index contributed by atoms with van der Waals surface area (Å²) in [6, 6.07) is 104. The number of hydrogen-bond acceptors (Lipinski definition) is 2. The Morgan fingerprint density at radius 3 is 1.60 bits per heavy atom. The highest BCUT2D eigenvalue weighted by Crippen LogP contribution is 2.57. The van der Waals surface area contributed by atoms with Crippen molar-refractivity contribution >= 4 is 44.1 Å². The molecule has 13 aromatic rings. The minimum absolute atomic E-state index is 0.572. The molecule has 0 saturated carbocycles. The Labute approximate surface area is 425 Å². The van der Waals surface area contributed by atoms with Crippen LogP contribution in [0, 0.1) is 0 Å². The molecule has 11 aromatic carbocycles. The third kappa shape index (κ3) is 6.85. The summed E-state index contributed by atoms with van der Waals surface area (Å²) in [5, 5.41) is 10.3. The van der Waals surface area contributed by atoms with Gasteiger partial charge in [0.05, 0.1) is 22.3 Å². The van der Waals surface area contributed by atoms with Gasteiger partial charge < -0.3 is 4.90 Å². The van der Waals surface area contributed by atoms with Crippen molar-refractivity contribution in [3.63, 3.8) is 0 Å². The van der Waals surface area contributed by atoms with Gasteiger partial charge in [-0.3, -0.25) is 0 Å². The van der Waals surface area contributed by atoms with Crippen molar-refractivity contribution in [1.29, 1.82) is 0 Å². The Kier molecular flexibility index (Phi) is 10.1. The van der Waals surface area contributed by atoms with Crippen LogP contribution in [0.2, 0.25) is 0 Å². The monoisotopic (exact) mass is 929 g/mol. The van der Waals surface area contributed by atoms with Gasteiger partial charge in [-0.05, 0) is 103 Å². The number of nitrogens with zero attached hydrogens (tertiary/aromatic N) is 3. The molecule has 0 radical (unpaired) electrons. The molecule has 342 valence electrons. The second-order valence-corrected chi connectivity index (χ2v) is 19.1. The molecule has 0 spiro atoms. The van der Waals surface area contributed by atoms with E-state index in [1.807, 2.05) is 0 Å². The van der Waals surface area contributed by atoms with E-state index in [2.05, 4.69) is 295 Å². The molecule has 73 heavy (non-hydrogen) atoms.